The van der Waals surface area contributed by atoms with Gasteiger partial charge in [0.25, 0.3) is 0 Å². The fraction of sp³-hybridized carbons (Fsp3) is 0.333. The number of hydrogen-bond acceptors (Lipinski definition) is 1. The van der Waals surface area contributed by atoms with Crippen LogP contribution in [0.5, 0.6) is 0 Å². The predicted molar refractivity (Wildman–Crippen MR) is 39.1 cm³/mol. The van der Waals surface area contributed by atoms with Crippen molar-refractivity contribution in [3.8, 4) is 0 Å². The lowest BCUT2D eigenvalue weighted by Gasteiger charge is -1.50. The molecule has 1 atom stereocenters. The SMILES string of the molecule is CC=C[P+](=O)O.Cl.Cl. The van der Waals surface area contributed by atoms with Gasteiger partial charge in [0.05, 0.1) is 0 Å². The molecule has 0 aliphatic rings. The molecular weight excluding hydrogens is 170 g/mol. The Labute approximate surface area is 61.7 Å². The fourth-order valence-electron chi connectivity index (χ4n) is 0.128. The summed E-state index contributed by atoms with van der Waals surface area (Å²) in [6.07, 6.45) is 1.54. The largest absolute Gasteiger partial charge is 0.537 e. The van der Waals surface area contributed by atoms with Gasteiger partial charge in [0, 0.05) is 0 Å². The number of rotatable bonds is 1. The van der Waals surface area contributed by atoms with Gasteiger partial charge in [-0.1, -0.05) is 0 Å². The molecule has 0 aromatic rings. The maximum Gasteiger partial charge on any atom is 0.537 e. The Morgan fingerprint density at radius 3 is 1.88 bits per heavy atom. The average molecular weight is 178 g/mol. The van der Waals surface area contributed by atoms with Crippen molar-refractivity contribution in [1.29, 1.82) is 0 Å². The van der Waals surface area contributed by atoms with Crippen LogP contribution in [0, 0.1) is 0 Å². The molecule has 0 aromatic carbocycles. The van der Waals surface area contributed by atoms with Gasteiger partial charge < -0.3 is 0 Å². The van der Waals surface area contributed by atoms with Crippen LogP contribution in [0.1, 0.15) is 6.92 Å². The van der Waals surface area contributed by atoms with E-state index in [1.807, 2.05) is 0 Å². The zero-order chi connectivity index (χ0) is 4.99. The van der Waals surface area contributed by atoms with Crippen LogP contribution in [-0.4, -0.2) is 4.89 Å². The van der Waals surface area contributed by atoms with Crippen LogP contribution < -0.4 is 0 Å². The quantitative estimate of drug-likeness (QED) is 0.624. The molecule has 0 rings (SSSR count). The van der Waals surface area contributed by atoms with E-state index in [1.54, 1.807) is 13.0 Å². The molecule has 0 amide bonds. The molecule has 0 aliphatic heterocycles. The summed E-state index contributed by atoms with van der Waals surface area (Å²) >= 11 is 0. The van der Waals surface area contributed by atoms with Crippen molar-refractivity contribution in [2.45, 2.75) is 6.92 Å². The van der Waals surface area contributed by atoms with E-state index >= 15 is 0 Å². The van der Waals surface area contributed by atoms with E-state index < -0.39 is 8.03 Å². The summed E-state index contributed by atoms with van der Waals surface area (Å²) in [7, 11) is -2.03. The second-order valence-corrected chi connectivity index (χ2v) is 1.69. The lowest BCUT2D eigenvalue weighted by atomic mass is 10.8. The first-order valence-electron chi connectivity index (χ1n) is 1.55. The Morgan fingerprint density at radius 1 is 1.50 bits per heavy atom. The molecule has 5 heteroatoms. The summed E-state index contributed by atoms with van der Waals surface area (Å²) < 4.78 is 9.66. The highest BCUT2D eigenvalue weighted by molar-refractivity contribution is 7.41. The minimum atomic E-state index is -2.03. The van der Waals surface area contributed by atoms with Crippen molar-refractivity contribution in [2.75, 3.05) is 0 Å². The van der Waals surface area contributed by atoms with Gasteiger partial charge in [-0.05, 0) is 17.6 Å². The zero-order valence-electron chi connectivity index (χ0n) is 4.27. The second-order valence-electron chi connectivity index (χ2n) is 0.785. The summed E-state index contributed by atoms with van der Waals surface area (Å²) in [5, 5.41) is 0. The Bertz CT molecular complexity index is 83.4. The molecule has 0 aliphatic carbocycles. The van der Waals surface area contributed by atoms with Gasteiger partial charge in [0.2, 0.25) is 0 Å². The summed E-state index contributed by atoms with van der Waals surface area (Å²) in [6.45, 7) is 1.70. The first-order valence-corrected chi connectivity index (χ1v) is 2.83. The molecule has 0 saturated heterocycles. The van der Waals surface area contributed by atoms with Crippen LogP contribution in [-0.2, 0) is 4.57 Å². The number of halogens is 2. The van der Waals surface area contributed by atoms with E-state index in [-0.39, 0.29) is 24.8 Å². The van der Waals surface area contributed by atoms with Crippen LogP contribution in [0.2, 0.25) is 0 Å². The molecule has 0 radical (unpaired) electrons. The van der Waals surface area contributed by atoms with Crippen molar-refractivity contribution in [3.05, 3.63) is 11.9 Å². The molecule has 0 bridgehead atoms. The molecular formula is C3H8Cl2O2P+. The van der Waals surface area contributed by atoms with Crippen molar-refractivity contribution in [1.82, 2.24) is 0 Å². The monoisotopic (exact) mass is 177 g/mol. The van der Waals surface area contributed by atoms with E-state index in [0.717, 1.165) is 0 Å². The van der Waals surface area contributed by atoms with Crippen molar-refractivity contribution in [3.63, 3.8) is 0 Å². The van der Waals surface area contributed by atoms with E-state index in [9.17, 15) is 4.57 Å². The van der Waals surface area contributed by atoms with Gasteiger partial charge in [-0.2, -0.15) is 4.89 Å². The highest BCUT2D eigenvalue weighted by Gasteiger charge is 1.96. The molecule has 0 aromatic heterocycles. The topological polar surface area (TPSA) is 37.3 Å². The van der Waals surface area contributed by atoms with Crippen LogP contribution in [0.25, 0.3) is 0 Å². The molecule has 0 spiro atoms. The highest BCUT2D eigenvalue weighted by atomic mass is 35.5. The van der Waals surface area contributed by atoms with Crippen LogP contribution in [0.15, 0.2) is 11.9 Å². The van der Waals surface area contributed by atoms with Gasteiger partial charge in [-0.25, -0.2) is 0 Å². The van der Waals surface area contributed by atoms with Crippen LogP contribution >= 0.6 is 32.8 Å². The normalized spacial score (nSPS) is 9.50. The van der Waals surface area contributed by atoms with Gasteiger partial charge in [-0.15, -0.1) is 24.8 Å². The first-order chi connectivity index (χ1) is 2.77. The van der Waals surface area contributed by atoms with E-state index in [1.165, 1.54) is 5.82 Å². The van der Waals surface area contributed by atoms with Crippen molar-refractivity contribution < 1.29 is 9.46 Å². The first kappa shape index (κ1) is 15.8. The molecule has 0 fully saturated rings. The van der Waals surface area contributed by atoms with Gasteiger partial charge in [0.1, 0.15) is 0 Å². The maximum absolute atomic E-state index is 9.66. The summed E-state index contributed by atoms with van der Waals surface area (Å²) in [6, 6.07) is 0. The fourth-order valence-corrected chi connectivity index (χ4v) is 0.383. The van der Waals surface area contributed by atoms with Gasteiger partial charge in [-0.3, -0.25) is 0 Å². The van der Waals surface area contributed by atoms with Crippen molar-refractivity contribution in [2.24, 2.45) is 0 Å². The summed E-state index contributed by atoms with van der Waals surface area (Å²) in [5.41, 5.74) is 0. The Balaban J connectivity index is -0.000000125. The Kier molecular flexibility index (Phi) is 20.5. The van der Waals surface area contributed by atoms with Crippen molar-refractivity contribution >= 4 is 32.8 Å². The van der Waals surface area contributed by atoms with E-state index in [0.29, 0.717) is 0 Å². The van der Waals surface area contributed by atoms with Gasteiger partial charge >= 0.3 is 8.03 Å². The minimum Gasteiger partial charge on any atom is -0.157 e. The summed E-state index contributed by atoms with van der Waals surface area (Å²) in [5.74, 6) is 1.23. The average Bonchev–Trinajstić information content (AvgIpc) is 1.35. The third kappa shape index (κ3) is 16.2. The molecule has 0 saturated carbocycles. The van der Waals surface area contributed by atoms with Crippen LogP contribution in [0.4, 0.5) is 0 Å². The van der Waals surface area contributed by atoms with Crippen LogP contribution in [0.3, 0.4) is 0 Å². The van der Waals surface area contributed by atoms with Gasteiger partial charge in [0.15, 0.2) is 5.82 Å². The lowest BCUT2D eigenvalue weighted by molar-refractivity contribution is 0.512. The Morgan fingerprint density at radius 2 is 1.88 bits per heavy atom. The third-order valence-electron chi connectivity index (χ3n) is 0.277. The standard InChI is InChI=1S/C3H5O2P.2ClH/c1-2-3-6(4)5;;/h2-3H,1H3;2*1H/p+1. The number of hydrogen-bond donors (Lipinski definition) is 1. The number of allylic oxidation sites excluding steroid dienone is 1. The zero-order valence-corrected chi connectivity index (χ0v) is 6.80. The lowest BCUT2D eigenvalue weighted by Crippen LogP contribution is -1.41. The molecule has 8 heavy (non-hydrogen) atoms. The Hall–Kier alpha value is 0.380. The second kappa shape index (κ2) is 10.4. The predicted octanol–water partition coefficient (Wildman–Crippen LogP) is 2.10. The van der Waals surface area contributed by atoms with E-state index in [4.69, 9.17) is 4.89 Å². The smallest absolute Gasteiger partial charge is 0.157 e. The molecule has 50 valence electrons. The maximum atomic E-state index is 9.66. The summed E-state index contributed by atoms with van der Waals surface area (Å²) in [4.78, 5) is 7.97. The minimum absolute atomic E-state index is 0. The molecule has 1 unspecified atom stereocenters. The molecule has 1 N–H and O–H groups in total. The highest BCUT2D eigenvalue weighted by Crippen LogP contribution is 2.12. The third-order valence-corrected chi connectivity index (χ3v) is 0.830. The molecule has 2 nitrogen and oxygen atoms in total. The molecule has 0 heterocycles. The van der Waals surface area contributed by atoms with E-state index in [2.05, 4.69) is 0 Å².